The molecule has 0 amide bonds. The van der Waals surface area contributed by atoms with E-state index in [9.17, 15) is 0 Å². The lowest BCUT2D eigenvalue weighted by Gasteiger charge is -2.32. The Bertz CT molecular complexity index is 437. The SMILES string of the molecule is CN(C)CC[C@@H]1CN(Cc2nc3c(s2)CCCC3)CCO1. The Labute approximate surface area is 132 Å². The summed E-state index contributed by atoms with van der Waals surface area (Å²) in [6.45, 7) is 5.08. The van der Waals surface area contributed by atoms with Crippen LogP contribution < -0.4 is 0 Å². The quantitative estimate of drug-likeness (QED) is 0.833. The maximum atomic E-state index is 5.89. The van der Waals surface area contributed by atoms with E-state index in [2.05, 4.69) is 23.9 Å². The number of hydrogen-bond acceptors (Lipinski definition) is 5. The minimum Gasteiger partial charge on any atom is -0.376 e. The molecule has 3 rings (SSSR count). The maximum Gasteiger partial charge on any atom is 0.107 e. The molecule has 2 heterocycles. The van der Waals surface area contributed by atoms with Crippen molar-refractivity contribution in [2.45, 2.75) is 44.8 Å². The minimum absolute atomic E-state index is 0.385. The van der Waals surface area contributed by atoms with E-state index in [1.165, 1.54) is 36.4 Å². The minimum atomic E-state index is 0.385. The summed E-state index contributed by atoms with van der Waals surface area (Å²) in [4.78, 5) is 11.2. The molecule has 4 nitrogen and oxygen atoms in total. The molecule has 0 unspecified atom stereocenters. The van der Waals surface area contributed by atoms with Crippen molar-refractivity contribution < 1.29 is 4.74 Å². The van der Waals surface area contributed by atoms with Crippen molar-refractivity contribution in [3.63, 3.8) is 0 Å². The summed E-state index contributed by atoms with van der Waals surface area (Å²) in [5.41, 5.74) is 1.39. The molecule has 1 aliphatic carbocycles. The molecule has 0 N–H and O–H groups in total. The number of aryl methyl sites for hydroxylation is 2. The van der Waals surface area contributed by atoms with Gasteiger partial charge in [0.1, 0.15) is 5.01 Å². The van der Waals surface area contributed by atoms with Crippen LogP contribution in [-0.2, 0) is 24.1 Å². The number of fused-ring (bicyclic) bond motifs is 1. The van der Waals surface area contributed by atoms with Crippen LogP contribution in [0, 0.1) is 0 Å². The fourth-order valence-electron chi connectivity index (χ4n) is 3.17. The van der Waals surface area contributed by atoms with Crippen molar-refractivity contribution in [1.29, 1.82) is 0 Å². The maximum absolute atomic E-state index is 5.89. The largest absolute Gasteiger partial charge is 0.376 e. The zero-order valence-electron chi connectivity index (χ0n) is 13.3. The molecule has 1 atom stereocenters. The van der Waals surface area contributed by atoms with Crippen molar-refractivity contribution in [1.82, 2.24) is 14.8 Å². The van der Waals surface area contributed by atoms with Gasteiger partial charge in [0, 0.05) is 24.5 Å². The second-order valence-corrected chi connectivity index (χ2v) is 7.67. The number of nitrogens with zero attached hydrogens (tertiary/aromatic N) is 3. The van der Waals surface area contributed by atoms with E-state index in [1.807, 2.05) is 11.3 Å². The second-order valence-electron chi connectivity index (χ2n) is 6.50. The lowest BCUT2D eigenvalue weighted by molar-refractivity contribution is -0.0370. The first-order valence-electron chi connectivity index (χ1n) is 8.17. The highest BCUT2D eigenvalue weighted by atomic mass is 32.1. The summed E-state index contributed by atoms with van der Waals surface area (Å²) < 4.78 is 5.89. The summed E-state index contributed by atoms with van der Waals surface area (Å²) >= 11 is 1.95. The van der Waals surface area contributed by atoms with E-state index >= 15 is 0 Å². The van der Waals surface area contributed by atoms with E-state index in [-0.39, 0.29) is 0 Å². The summed E-state index contributed by atoms with van der Waals surface area (Å²) in [5, 5.41) is 1.31. The van der Waals surface area contributed by atoms with Gasteiger partial charge in [-0.2, -0.15) is 0 Å². The van der Waals surface area contributed by atoms with Gasteiger partial charge in [0.05, 0.1) is 24.9 Å². The molecule has 0 bridgehead atoms. The topological polar surface area (TPSA) is 28.6 Å². The molecule has 1 aromatic rings. The Hall–Kier alpha value is -0.490. The van der Waals surface area contributed by atoms with Crippen molar-refractivity contribution in [3.8, 4) is 0 Å². The van der Waals surface area contributed by atoms with Crippen molar-refractivity contribution in [3.05, 3.63) is 15.6 Å². The third kappa shape index (κ3) is 4.25. The van der Waals surface area contributed by atoms with Crippen LogP contribution in [0.25, 0.3) is 0 Å². The molecule has 5 heteroatoms. The molecule has 1 aliphatic heterocycles. The Balaban J connectivity index is 1.53. The van der Waals surface area contributed by atoms with E-state index in [4.69, 9.17) is 9.72 Å². The van der Waals surface area contributed by atoms with Crippen LogP contribution >= 0.6 is 11.3 Å². The van der Waals surface area contributed by atoms with Gasteiger partial charge in [0.25, 0.3) is 0 Å². The molecule has 0 aromatic carbocycles. The van der Waals surface area contributed by atoms with E-state index in [0.717, 1.165) is 39.2 Å². The van der Waals surface area contributed by atoms with Gasteiger partial charge in [-0.05, 0) is 46.2 Å². The Morgan fingerprint density at radius 1 is 1.33 bits per heavy atom. The van der Waals surface area contributed by atoms with E-state index < -0.39 is 0 Å². The predicted octanol–water partition coefficient (Wildman–Crippen LogP) is 2.17. The summed E-state index contributed by atoms with van der Waals surface area (Å²) in [5.74, 6) is 0. The third-order valence-electron chi connectivity index (χ3n) is 4.37. The van der Waals surface area contributed by atoms with Crippen LogP contribution in [0.15, 0.2) is 0 Å². The van der Waals surface area contributed by atoms with Crippen molar-refractivity contribution in [2.75, 3.05) is 40.3 Å². The predicted molar refractivity (Wildman–Crippen MR) is 86.9 cm³/mol. The summed E-state index contributed by atoms with van der Waals surface area (Å²) in [7, 11) is 4.25. The van der Waals surface area contributed by atoms with Gasteiger partial charge in [0.15, 0.2) is 0 Å². The van der Waals surface area contributed by atoms with Crippen LogP contribution in [-0.4, -0.2) is 61.2 Å². The Kier molecular flexibility index (Phi) is 5.27. The normalized spacial score (nSPS) is 23.5. The first-order valence-corrected chi connectivity index (χ1v) is 8.98. The van der Waals surface area contributed by atoms with Crippen molar-refractivity contribution in [2.24, 2.45) is 0 Å². The molecule has 0 spiro atoms. The molecule has 21 heavy (non-hydrogen) atoms. The van der Waals surface area contributed by atoms with Gasteiger partial charge in [-0.3, -0.25) is 4.90 Å². The highest BCUT2D eigenvalue weighted by molar-refractivity contribution is 7.11. The number of morpholine rings is 1. The second kappa shape index (κ2) is 7.18. The first-order chi connectivity index (χ1) is 10.2. The number of aromatic nitrogens is 1. The number of thiazole rings is 1. The van der Waals surface area contributed by atoms with E-state index in [1.54, 1.807) is 4.88 Å². The number of hydrogen-bond donors (Lipinski definition) is 0. The van der Waals surface area contributed by atoms with E-state index in [0.29, 0.717) is 6.10 Å². The molecule has 1 aromatic heterocycles. The average molecular weight is 309 g/mol. The Morgan fingerprint density at radius 2 is 2.19 bits per heavy atom. The lowest BCUT2D eigenvalue weighted by Crippen LogP contribution is -2.42. The highest BCUT2D eigenvalue weighted by Gasteiger charge is 2.22. The average Bonchev–Trinajstić information content (AvgIpc) is 2.87. The zero-order valence-corrected chi connectivity index (χ0v) is 14.1. The fraction of sp³-hybridized carbons (Fsp3) is 0.812. The molecule has 1 saturated heterocycles. The molecule has 0 radical (unpaired) electrons. The summed E-state index contributed by atoms with van der Waals surface area (Å²) in [6.07, 6.45) is 6.62. The number of ether oxygens (including phenoxy) is 1. The standard InChI is InChI=1S/C16H27N3OS/c1-18(2)8-7-13-11-19(9-10-20-13)12-16-17-14-5-3-4-6-15(14)21-16/h13H,3-12H2,1-2H3/t13-/m1/s1. The van der Waals surface area contributed by atoms with Crippen LogP contribution in [0.3, 0.4) is 0 Å². The van der Waals surface area contributed by atoms with Crippen LogP contribution in [0.5, 0.6) is 0 Å². The molecule has 0 saturated carbocycles. The molecular formula is C16H27N3OS. The van der Waals surface area contributed by atoms with Gasteiger partial charge >= 0.3 is 0 Å². The van der Waals surface area contributed by atoms with Gasteiger partial charge in [-0.25, -0.2) is 4.98 Å². The smallest absolute Gasteiger partial charge is 0.107 e. The van der Waals surface area contributed by atoms with Crippen LogP contribution in [0.2, 0.25) is 0 Å². The zero-order chi connectivity index (χ0) is 14.7. The molecular weight excluding hydrogens is 282 g/mol. The Morgan fingerprint density at radius 3 is 3.00 bits per heavy atom. The fourth-order valence-corrected chi connectivity index (χ4v) is 4.36. The van der Waals surface area contributed by atoms with Crippen LogP contribution in [0.1, 0.15) is 34.8 Å². The monoisotopic (exact) mass is 309 g/mol. The van der Waals surface area contributed by atoms with Gasteiger partial charge in [-0.15, -0.1) is 11.3 Å². The van der Waals surface area contributed by atoms with Gasteiger partial charge in [0.2, 0.25) is 0 Å². The molecule has 1 fully saturated rings. The first kappa shape index (κ1) is 15.4. The number of rotatable bonds is 5. The van der Waals surface area contributed by atoms with Gasteiger partial charge in [-0.1, -0.05) is 0 Å². The van der Waals surface area contributed by atoms with Crippen LogP contribution in [0.4, 0.5) is 0 Å². The van der Waals surface area contributed by atoms with Crippen molar-refractivity contribution >= 4 is 11.3 Å². The van der Waals surface area contributed by atoms with Gasteiger partial charge < -0.3 is 9.64 Å². The third-order valence-corrected chi connectivity index (χ3v) is 5.51. The lowest BCUT2D eigenvalue weighted by atomic mass is 10.0. The summed E-state index contributed by atoms with van der Waals surface area (Å²) in [6, 6.07) is 0. The molecule has 2 aliphatic rings. The molecule has 118 valence electrons. The highest BCUT2D eigenvalue weighted by Crippen LogP contribution is 2.27.